The number of benzene rings is 3. The number of hydrogen-bond donors (Lipinski definition) is 3. The van der Waals surface area contributed by atoms with Gasteiger partial charge < -0.3 is 60.3 Å². The first-order chi connectivity index (χ1) is 50.4. The Balaban J connectivity index is 0.000000149. The Labute approximate surface area is 628 Å². The van der Waals surface area contributed by atoms with E-state index in [0.29, 0.717) is 126 Å². The lowest BCUT2D eigenvalue weighted by Gasteiger charge is -2.47. The van der Waals surface area contributed by atoms with Crippen LogP contribution in [0, 0.1) is 49.1 Å². The zero-order valence-electron chi connectivity index (χ0n) is 61.9. The minimum absolute atomic E-state index is 0.0276. The third-order valence-electron chi connectivity index (χ3n) is 20.7. The molecule has 106 heavy (non-hydrogen) atoms. The normalized spacial score (nSPS) is 17.7. The lowest BCUT2D eigenvalue weighted by molar-refractivity contribution is -0.136. The molecule has 6 N–H and O–H groups in total. The van der Waals surface area contributed by atoms with E-state index in [4.69, 9.17) is 95.4 Å². The van der Waals surface area contributed by atoms with Gasteiger partial charge in [0.05, 0.1) is 76.4 Å². The van der Waals surface area contributed by atoms with Crippen LogP contribution < -0.4 is 31.4 Å². The van der Waals surface area contributed by atoms with Gasteiger partial charge in [0.2, 0.25) is 0 Å². The van der Waals surface area contributed by atoms with Crippen molar-refractivity contribution < 1.29 is 56.0 Å². The molecule has 9 aromatic rings. The monoisotopic (exact) mass is 1520 g/mol. The van der Waals surface area contributed by atoms with Gasteiger partial charge in [0.25, 0.3) is 17.7 Å². The van der Waals surface area contributed by atoms with Crippen molar-refractivity contribution in [3.63, 3.8) is 0 Å². The number of nitrogen functional groups attached to an aromatic ring is 3. The van der Waals surface area contributed by atoms with Gasteiger partial charge in [-0.3, -0.25) is 27.6 Å². The molecule has 5 aliphatic rings. The van der Waals surface area contributed by atoms with Crippen molar-refractivity contribution in [1.82, 2.24) is 57.8 Å². The molecular weight excluding hydrogens is 1430 g/mol. The number of carbonyl (C=O) groups is 3. The summed E-state index contributed by atoms with van der Waals surface area (Å²) in [5.74, 6) is -1.16. The quantitative estimate of drug-likeness (QED) is 0.0810. The Hall–Kier alpha value is -8.73. The number of hydrogen-bond acceptors (Lipinski definition) is 18. The minimum atomic E-state index is -0.791. The zero-order valence-corrected chi connectivity index (χ0v) is 64.2. The topological polar surface area (TPSA) is 285 Å². The smallest absolute Gasteiger partial charge is 0.260 e. The zero-order chi connectivity index (χ0) is 76.3. The van der Waals surface area contributed by atoms with Gasteiger partial charge in [0.15, 0.2) is 17.5 Å². The second-order valence-electron chi connectivity index (χ2n) is 29.3. The number of piperidine rings is 2. The van der Waals surface area contributed by atoms with Crippen LogP contribution in [0.25, 0.3) is 16.6 Å². The number of fused-ring (bicyclic) bond motifs is 3. The third-order valence-corrected chi connectivity index (χ3v) is 21.5. The summed E-state index contributed by atoms with van der Waals surface area (Å²) < 4.78 is 86.9. The first kappa shape index (κ1) is 76.9. The Bertz CT molecular complexity index is 4850. The van der Waals surface area contributed by atoms with Gasteiger partial charge in [-0.15, -0.1) is 0 Å². The molecule has 11 heterocycles. The number of imidazole rings is 3. The SMILES string of the molecule is COC1CCCN(C(=O)c2c(F)c(Cl)cc(C(C)c3nc(C)c4c(N)nccn34)c2OC(C)C)C1.Cc1nc(C(C)c2cc(Cl)c(F)c(C(=O)N3CC4(CCOC4)C3)c2OC(C)C)n2ccnc(N)c12.Cc1nc(C(C)c2cc(Cl)c(F)c(C(=O)N3CCC4(CC3)COC4)c2OC(C)C)n2ccnc(N)c12. The van der Waals surface area contributed by atoms with Crippen LogP contribution in [0.1, 0.15) is 194 Å². The number of ether oxygens (including phenoxy) is 6. The Morgan fingerprint density at radius 2 is 0.877 bits per heavy atom. The lowest BCUT2D eigenvalue weighted by atomic mass is 9.76. The Morgan fingerprint density at radius 3 is 1.21 bits per heavy atom. The molecule has 0 bridgehead atoms. The molecule has 5 saturated heterocycles. The van der Waals surface area contributed by atoms with Crippen molar-refractivity contribution in [1.29, 1.82) is 0 Å². The van der Waals surface area contributed by atoms with E-state index in [-0.39, 0.29) is 96.1 Å². The fourth-order valence-corrected chi connectivity index (χ4v) is 15.7. The van der Waals surface area contributed by atoms with E-state index in [0.717, 1.165) is 56.7 Å². The van der Waals surface area contributed by atoms with E-state index in [1.54, 1.807) is 59.0 Å². The molecule has 0 radical (unpaired) electrons. The van der Waals surface area contributed by atoms with Crippen LogP contribution in [-0.2, 0) is 14.2 Å². The van der Waals surface area contributed by atoms with Crippen molar-refractivity contribution >= 4 is 86.5 Å². The van der Waals surface area contributed by atoms with Crippen LogP contribution in [0.2, 0.25) is 15.1 Å². The lowest BCUT2D eigenvalue weighted by Crippen LogP contribution is -2.59. The number of anilines is 3. The molecule has 4 atom stereocenters. The van der Waals surface area contributed by atoms with E-state index < -0.39 is 41.1 Å². The number of likely N-dealkylation sites (tertiary alicyclic amines) is 3. The van der Waals surface area contributed by atoms with Gasteiger partial charge in [-0.25, -0.2) is 43.1 Å². The second-order valence-corrected chi connectivity index (χ2v) is 30.5. The highest BCUT2D eigenvalue weighted by atomic mass is 35.5. The summed E-state index contributed by atoms with van der Waals surface area (Å²) in [5, 5.41) is -0.411. The molecule has 5 fully saturated rings. The highest BCUT2D eigenvalue weighted by Gasteiger charge is 2.50. The van der Waals surface area contributed by atoms with Crippen molar-refractivity contribution in [2.45, 2.75) is 157 Å². The largest absolute Gasteiger partial charge is 0.490 e. The molecular formula is C76H91Cl3F3N15O9. The molecule has 0 saturated carbocycles. The number of nitrogens with two attached hydrogens (primary N) is 3. The van der Waals surface area contributed by atoms with Crippen molar-refractivity contribution in [2.75, 3.05) is 90.0 Å². The van der Waals surface area contributed by atoms with Gasteiger partial charge in [-0.2, -0.15) is 0 Å². The maximum atomic E-state index is 15.6. The maximum Gasteiger partial charge on any atom is 0.260 e. The molecule has 4 unspecified atom stereocenters. The number of nitrogens with zero attached hydrogens (tertiary/aromatic N) is 12. The fourth-order valence-electron chi connectivity index (χ4n) is 15.1. The van der Waals surface area contributed by atoms with Gasteiger partial charge in [0.1, 0.15) is 85.4 Å². The summed E-state index contributed by atoms with van der Waals surface area (Å²) >= 11 is 19.1. The summed E-state index contributed by atoms with van der Waals surface area (Å²) in [6.07, 6.45) is 13.3. The molecule has 566 valence electrons. The number of halogens is 6. The Kier molecular flexibility index (Phi) is 22.4. The highest BCUT2D eigenvalue weighted by Crippen LogP contribution is 2.47. The predicted octanol–water partition coefficient (Wildman–Crippen LogP) is 13.4. The van der Waals surface area contributed by atoms with Crippen LogP contribution in [0.3, 0.4) is 0 Å². The highest BCUT2D eigenvalue weighted by molar-refractivity contribution is 6.32. The van der Waals surface area contributed by atoms with E-state index >= 15 is 13.2 Å². The molecule has 30 heteroatoms. The first-order valence-corrected chi connectivity index (χ1v) is 36.9. The minimum Gasteiger partial charge on any atom is -0.490 e. The number of amides is 3. The van der Waals surface area contributed by atoms with Gasteiger partial charge in [-0.1, -0.05) is 55.6 Å². The second kappa shape index (κ2) is 30.9. The molecule has 0 aliphatic carbocycles. The fraction of sp³-hybridized carbons (Fsp3) is 0.487. The molecule has 24 nitrogen and oxygen atoms in total. The van der Waals surface area contributed by atoms with Crippen LogP contribution in [0.4, 0.5) is 30.6 Å². The van der Waals surface area contributed by atoms with E-state index in [9.17, 15) is 14.4 Å². The number of rotatable bonds is 16. The summed E-state index contributed by atoms with van der Waals surface area (Å²) in [6.45, 7) is 28.1. The number of aryl methyl sites for hydroxylation is 3. The number of carbonyl (C=O) groups excluding carboxylic acids is 3. The molecule has 14 rings (SSSR count). The predicted molar refractivity (Wildman–Crippen MR) is 399 cm³/mol. The van der Waals surface area contributed by atoms with Crippen LogP contribution in [0.15, 0.2) is 55.4 Å². The van der Waals surface area contributed by atoms with Crippen LogP contribution >= 0.6 is 34.8 Å². The average molecular weight is 1520 g/mol. The third kappa shape index (κ3) is 14.7. The van der Waals surface area contributed by atoms with E-state index in [1.165, 1.54) is 18.2 Å². The summed E-state index contributed by atoms with van der Waals surface area (Å²) in [7, 11) is 1.62. The van der Waals surface area contributed by atoms with Crippen molar-refractivity contribution in [3.05, 3.63) is 156 Å². The van der Waals surface area contributed by atoms with Gasteiger partial charge in [-0.05, 0) is 113 Å². The standard InChI is InChI=1S/C26H31ClFN5O3.C25H29ClFN5O3.C25H31ClFN5O3/c1-14(2)36-22-17(15(3)24-31-16(4)21-23(29)30-7-10-33(21)24)11-18(27)20(28)19(22)25(34)32-8-5-26(6-9-32)12-35-13-26;1-13(2)35-21-16(14(3)23-30-15(4)20-22(28)29-6-7-32(20)23)9-17(26)19(27)18(21)24(33)31-10-25(11-31)5-8-34-12-25;1-13(2)35-22-17(14(3)24-30-15(4)21-23(28)29-8-10-32(21)24)11-18(26)20(27)19(22)25(33)31-9-6-7-16(12-31)34-5/h7,10-11,14-15H,5-6,8-9,12-13H2,1-4H3,(H2,29,30);6-7,9,13-14H,5,8,10-12H2,1-4H3,(H2,28,29);8,10-11,13-14,16H,6-7,9,12H2,1-5H3,(H2,28,29). The first-order valence-electron chi connectivity index (χ1n) is 35.8. The van der Waals surface area contributed by atoms with Gasteiger partial charge in [0, 0.05) is 135 Å². The molecule has 6 aromatic heterocycles. The Morgan fingerprint density at radius 1 is 0.519 bits per heavy atom. The molecule has 5 aliphatic heterocycles. The molecule has 3 aromatic carbocycles. The molecule has 2 spiro atoms. The number of methoxy groups -OCH3 is 1. The van der Waals surface area contributed by atoms with Crippen molar-refractivity contribution in [2.24, 2.45) is 10.8 Å². The maximum absolute atomic E-state index is 15.6. The average Bonchev–Trinajstić information content (AvgIpc) is 1.31. The van der Waals surface area contributed by atoms with Crippen LogP contribution in [-0.4, -0.2) is 173 Å². The van der Waals surface area contributed by atoms with Gasteiger partial charge >= 0.3 is 0 Å². The summed E-state index contributed by atoms with van der Waals surface area (Å²) in [4.78, 5) is 72.6. The summed E-state index contributed by atoms with van der Waals surface area (Å²) in [6, 6.07) is 4.58. The molecule has 3 amide bonds. The van der Waals surface area contributed by atoms with Crippen LogP contribution in [0.5, 0.6) is 17.2 Å². The number of aromatic nitrogens is 9. The van der Waals surface area contributed by atoms with E-state index in [2.05, 4.69) is 15.0 Å². The summed E-state index contributed by atoms with van der Waals surface area (Å²) in [5.41, 5.74) is 24.0. The van der Waals surface area contributed by atoms with E-state index in [1.807, 2.05) is 96.3 Å². The van der Waals surface area contributed by atoms with Crippen molar-refractivity contribution in [3.8, 4) is 17.2 Å².